The van der Waals surface area contributed by atoms with Gasteiger partial charge in [-0.1, -0.05) is 30.3 Å². The van der Waals surface area contributed by atoms with Crippen LogP contribution in [0.1, 0.15) is 30.4 Å². The lowest BCUT2D eigenvalue weighted by Crippen LogP contribution is -2.31. The van der Waals surface area contributed by atoms with Gasteiger partial charge in [0.15, 0.2) is 9.84 Å². The van der Waals surface area contributed by atoms with Gasteiger partial charge in [-0.3, -0.25) is 9.58 Å². The lowest BCUT2D eigenvalue weighted by atomic mass is 9.89. The molecule has 0 bridgehead atoms. The first kappa shape index (κ1) is 18.7. The lowest BCUT2D eigenvalue weighted by Gasteiger charge is -2.22. The van der Waals surface area contributed by atoms with Crippen LogP contribution in [0.5, 0.6) is 0 Å². The van der Waals surface area contributed by atoms with E-state index in [0.717, 1.165) is 25.2 Å². The topological polar surface area (TPSA) is 81.2 Å². The number of aromatic nitrogens is 2. The molecule has 146 valence electrons. The number of nitrogens with two attached hydrogens (primary N) is 1. The Labute approximate surface area is 161 Å². The molecule has 7 heteroatoms. The second-order valence-electron chi connectivity index (χ2n) is 8.34. The monoisotopic (exact) mass is 388 g/mol. The average Bonchev–Trinajstić information content (AvgIpc) is 3.34. The molecule has 2 aliphatic heterocycles. The lowest BCUT2D eigenvalue weighted by molar-refractivity contribution is 0.313. The van der Waals surface area contributed by atoms with E-state index in [1.165, 1.54) is 5.56 Å². The SMILES string of the molecule is CC1(n2cc(CN3C[C@@H](CN)[C@H](c4ccccc4)C3)cn2)CCS(=O)(=O)C1. The van der Waals surface area contributed by atoms with Gasteiger partial charge in [-0.05, 0) is 31.4 Å². The van der Waals surface area contributed by atoms with E-state index in [2.05, 4.69) is 34.3 Å². The summed E-state index contributed by atoms with van der Waals surface area (Å²) in [6.45, 7) is 5.46. The van der Waals surface area contributed by atoms with E-state index in [-0.39, 0.29) is 11.5 Å². The second kappa shape index (κ2) is 7.04. The molecule has 0 radical (unpaired) electrons. The predicted molar refractivity (Wildman–Crippen MR) is 106 cm³/mol. The Balaban J connectivity index is 1.45. The van der Waals surface area contributed by atoms with E-state index in [9.17, 15) is 8.42 Å². The molecule has 2 aromatic rings. The van der Waals surface area contributed by atoms with E-state index in [1.54, 1.807) is 0 Å². The van der Waals surface area contributed by atoms with Crippen LogP contribution >= 0.6 is 0 Å². The van der Waals surface area contributed by atoms with Gasteiger partial charge < -0.3 is 5.73 Å². The first-order valence-corrected chi connectivity index (χ1v) is 11.4. The summed E-state index contributed by atoms with van der Waals surface area (Å²) in [6.07, 6.45) is 4.53. The summed E-state index contributed by atoms with van der Waals surface area (Å²) in [5.74, 6) is 1.35. The first-order valence-electron chi connectivity index (χ1n) is 9.60. The fourth-order valence-corrected chi connectivity index (χ4v) is 6.69. The number of hydrogen-bond acceptors (Lipinski definition) is 5. The fourth-order valence-electron chi connectivity index (χ4n) is 4.58. The summed E-state index contributed by atoms with van der Waals surface area (Å²) in [5, 5.41) is 4.49. The molecule has 1 unspecified atom stereocenters. The van der Waals surface area contributed by atoms with Gasteiger partial charge in [0.25, 0.3) is 0 Å². The van der Waals surface area contributed by atoms with Crippen LogP contribution in [0.4, 0.5) is 0 Å². The third-order valence-corrected chi connectivity index (χ3v) is 8.01. The van der Waals surface area contributed by atoms with Crippen molar-refractivity contribution in [3.63, 3.8) is 0 Å². The van der Waals surface area contributed by atoms with Gasteiger partial charge in [0.2, 0.25) is 0 Å². The van der Waals surface area contributed by atoms with Crippen LogP contribution in [-0.4, -0.2) is 54.2 Å². The van der Waals surface area contributed by atoms with Crippen LogP contribution < -0.4 is 5.73 Å². The molecule has 3 heterocycles. The van der Waals surface area contributed by atoms with Crippen molar-refractivity contribution < 1.29 is 8.42 Å². The van der Waals surface area contributed by atoms with E-state index in [4.69, 9.17) is 5.73 Å². The number of hydrogen-bond donors (Lipinski definition) is 1. The number of nitrogens with zero attached hydrogens (tertiary/aromatic N) is 3. The van der Waals surface area contributed by atoms with Crippen molar-refractivity contribution in [3.05, 3.63) is 53.9 Å². The van der Waals surface area contributed by atoms with E-state index >= 15 is 0 Å². The first-order chi connectivity index (χ1) is 12.9. The third-order valence-electron chi connectivity index (χ3n) is 6.12. The van der Waals surface area contributed by atoms with Gasteiger partial charge in [0.1, 0.15) is 0 Å². The maximum Gasteiger partial charge on any atom is 0.152 e. The molecule has 1 aromatic heterocycles. The molecule has 6 nitrogen and oxygen atoms in total. The Hall–Kier alpha value is -1.70. The largest absolute Gasteiger partial charge is 0.330 e. The van der Waals surface area contributed by atoms with Crippen molar-refractivity contribution in [1.29, 1.82) is 0 Å². The van der Waals surface area contributed by atoms with Crippen molar-refractivity contribution in [2.45, 2.75) is 31.3 Å². The molecule has 1 aromatic carbocycles. The van der Waals surface area contributed by atoms with Crippen LogP contribution in [0.25, 0.3) is 0 Å². The van der Waals surface area contributed by atoms with Crippen molar-refractivity contribution in [2.24, 2.45) is 11.7 Å². The molecule has 0 saturated carbocycles. The van der Waals surface area contributed by atoms with Crippen LogP contribution in [0.15, 0.2) is 42.7 Å². The molecule has 0 amide bonds. The van der Waals surface area contributed by atoms with Crippen LogP contribution in [0.3, 0.4) is 0 Å². The summed E-state index contributed by atoms with van der Waals surface area (Å²) >= 11 is 0. The Morgan fingerprint density at radius 3 is 2.70 bits per heavy atom. The smallest absolute Gasteiger partial charge is 0.152 e. The molecule has 2 saturated heterocycles. The molecule has 2 N–H and O–H groups in total. The summed E-state index contributed by atoms with van der Waals surface area (Å²) < 4.78 is 25.6. The van der Waals surface area contributed by atoms with Gasteiger partial charge in [-0.25, -0.2) is 8.42 Å². The van der Waals surface area contributed by atoms with Gasteiger partial charge in [0, 0.05) is 37.3 Å². The highest BCUT2D eigenvalue weighted by Crippen LogP contribution is 2.33. The van der Waals surface area contributed by atoms with Crippen LogP contribution in [-0.2, 0) is 21.9 Å². The Kier molecular flexibility index (Phi) is 4.86. The van der Waals surface area contributed by atoms with E-state index in [1.807, 2.05) is 30.1 Å². The highest BCUT2D eigenvalue weighted by atomic mass is 32.2. The molecule has 3 atom stereocenters. The molecule has 2 fully saturated rings. The fraction of sp³-hybridized carbons (Fsp3) is 0.550. The Morgan fingerprint density at radius 2 is 2.04 bits per heavy atom. The zero-order valence-corrected chi connectivity index (χ0v) is 16.6. The van der Waals surface area contributed by atoms with Crippen molar-refractivity contribution in [1.82, 2.24) is 14.7 Å². The summed E-state index contributed by atoms with van der Waals surface area (Å²) in [7, 11) is -2.95. The molecule has 2 aliphatic rings. The van der Waals surface area contributed by atoms with Crippen LogP contribution in [0.2, 0.25) is 0 Å². The van der Waals surface area contributed by atoms with E-state index < -0.39 is 15.4 Å². The molecular weight excluding hydrogens is 360 g/mol. The van der Waals surface area contributed by atoms with Gasteiger partial charge in [0.05, 0.1) is 23.2 Å². The minimum atomic E-state index is -2.95. The van der Waals surface area contributed by atoms with Crippen LogP contribution in [0, 0.1) is 5.92 Å². The maximum atomic E-state index is 11.9. The summed E-state index contributed by atoms with van der Waals surface area (Å²) in [5.41, 5.74) is 8.11. The van der Waals surface area contributed by atoms with Gasteiger partial charge >= 0.3 is 0 Å². The minimum Gasteiger partial charge on any atom is -0.330 e. The number of likely N-dealkylation sites (tertiary alicyclic amines) is 1. The molecule has 0 aliphatic carbocycles. The minimum absolute atomic E-state index is 0.177. The summed E-state index contributed by atoms with van der Waals surface area (Å²) in [6, 6.07) is 10.6. The molecule has 0 spiro atoms. The standard InChI is InChI=1S/C20H28N4O2S/c1-20(7-8-27(25,26)15-20)24-12-16(10-22-24)11-23-13-18(9-21)19(14-23)17-5-3-2-4-6-17/h2-6,10,12,18-19H,7-9,11,13-15,21H2,1H3/t18-,19+,20?/m1/s1. The quantitative estimate of drug-likeness (QED) is 0.841. The van der Waals surface area contributed by atoms with Crippen molar-refractivity contribution in [3.8, 4) is 0 Å². The normalized spacial score (nSPS) is 30.7. The maximum absolute atomic E-state index is 11.9. The number of sulfone groups is 1. The third kappa shape index (κ3) is 3.81. The molecule has 27 heavy (non-hydrogen) atoms. The zero-order chi connectivity index (χ0) is 19.1. The van der Waals surface area contributed by atoms with Gasteiger partial charge in [-0.2, -0.15) is 5.10 Å². The molecule has 4 rings (SSSR count). The van der Waals surface area contributed by atoms with Gasteiger partial charge in [-0.15, -0.1) is 0 Å². The summed E-state index contributed by atoms with van der Waals surface area (Å²) in [4.78, 5) is 2.43. The average molecular weight is 389 g/mol. The Morgan fingerprint density at radius 1 is 1.26 bits per heavy atom. The zero-order valence-electron chi connectivity index (χ0n) is 15.8. The molecular formula is C20H28N4O2S. The number of benzene rings is 1. The second-order valence-corrected chi connectivity index (χ2v) is 10.5. The Bertz CT molecular complexity index is 896. The number of rotatable bonds is 5. The van der Waals surface area contributed by atoms with Crippen molar-refractivity contribution in [2.75, 3.05) is 31.1 Å². The highest BCUT2D eigenvalue weighted by molar-refractivity contribution is 7.91. The predicted octanol–water partition coefficient (Wildman–Crippen LogP) is 1.59. The highest BCUT2D eigenvalue weighted by Gasteiger charge is 2.40. The van der Waals surface area contributed by atoms with E-state index in [0.29, 0.717) is 24.8 Å². The van der Waals surface area contributed by atoms with Crippen molar-refractivity contribution >= 4 is 9.84 Å².